The van der Waals surface area contributed by atoms with Gasteiger partial charge in [-0.1, -0.05) is 12.1 Å². The zero-order chi connectivity index (χ0) is 15.3. The summed E-state index contributed by atoms with van der Waals surface area (Å²) >= 11 is 0. The van der Waals surface area contributed by atoms with Crippen LogP contribution in [0.25, 0.3) is 0 Å². The number of likely N-dealkylation sites (N-methyl/N-ethyl adjacent to an activating group) is 1. The van der Waals surface area contributed by atoms with E-state index in [1.54, 1.807) is 19.2 Å². The Morgan fingerprint density at radius 2 is 2.10 bits per heavy atom. The van der Waals surface area contributed by atoms with Crippen molar-refractivity contribution in [2.45, 2.75) is 18.4 Å². The second-order valence-electron chi connectivity index (χ2n) is 5.31. The van der Waals surface area contributed by atoms with Crippen molar-refractivity contribution in [3.8, 4) is 5.75 Å². The molecule has 1 N–H and O–H groups in total. The molecule has 1 aliphatic heterocycles. The normalized spacial score (nSPS) is 17.3. The highest BCUT2D eigenvalue weighted by atomic mass is 19.1. The van der Waals surface area contributed by atoms with Crippen molar-refractivity contribution < 1.29 is 23.8 Å². The van der Waals surface area contributed by atoms with Gasteiger partial charge in [-0.05, 0) is 12.1 Å². The summed E-state index contributed by atoms with van der Waals surface area (Å²) in [6.07, 6.45) is 0.998. The lowest BCUT2D eigenvalue weighted by Crippen LogP contribution is -2.48. The van der Waals surface area contributed by atoms with Gasteiger partial charge in [-0.2, -0.15) is 0 Å². The van der Waals surface area contributed by atoms with E-state index >= 15 is 0 Å². The highest BCUT2D eigenvalue weighted by Crippen LogP contribution is 2.21. The molecule has 0 aliphatic carbocycles. The molecule has 1 fully saturated rings. The molecule has 5 nitrogen and oxygen atoms in total. The highest BCUT2D eigenvalue weighted by Gasteiger charge is 2.32. The second-order valence-corrected chi connectivity index (χ2v) is 5.31. The Morgan fingerprint density at radius 1 is 1.43 bits per heavy atom. The molecule has 0 saturated carbocycles. The molecule has 0 aromatic heterocycles. The van der Waals surface area contributed by atoms with Gasteiger partial charge in [0.15, 0.2) is 18.2 Å². The van der Waals surface area contributed by atoms with E-state index in [0.29, 0.717) is 26.1 Å². The Balaban J connectivity index is 1.84. The molecule has 0 atom stereocenters. The van der Waals surface area contributed by atoms with E-state index in [0.717, 1.165) is 0 Å². The van der Waals surface area contributed by atoms with Gasteiger partial charge in [0.05, 0.1) is 5.60 Å². The molecule has 21 heavy (non-hydrogen) atoms. The third kappa shape index (κ3) is 4.41. The number of benzene rings is 1. The molecule has 0 spiro atoms. The van der Waals surface area contributed by atoms with Gasteiger partial charge in [-0.3, -0.25) is 4.79 Å². The standard InChI is InChI=1S/C15H20FNO4/c1-17(11-15(19)6-8-20-9-7-15)14(18)10-21-13-5-3-2-4-12(13)16/h2-5,19H,6-11H2,1H3. The number of nitrogens with zero attached hydrogens (tertiary/aromatic N) is 1. The fraction of sp³-hybridized carbons (Fsp3) is 0.533. The van der Waals surface area contributed by atoms with E-state index in [2.05, 4.69) is 0 Å². The molecular weight excluding hydrogens is 277 g/mol. The first-order valence-electron chi connectivity index (χ1n) is 6.92. The zero-order valence-electron chi connectivity index (χ0n) is 12.0. The van der Waals surface area contributed by atoms with Crippen LogP contribution in [-0.2, 0) is 9.53 Å². The molecule has 1 aliphatic rings. The lowest BCUT2D eigenvalue weighted by molar-refractivity contribution is -0.138. The number of amides is 1. The molecule has 2 rings (SSSR count). The monoisotopic (exact) mass is 297 g/mol. The summed E-state index contributed by atoms with van der Waals surface area (Å²) in [6, 6.07) is 5.93. The summed E-state index contributed by atoms with van der Waals surface area (Å²) in [5.74, 6) is -0.766. The van der Waals surface area contributed by atoms with E-state index in [-0.39, 0.29) is 24.8 Å². The van der Waals surface area contributed by atoms with Gasteiger partial charge in [-0.25, -0.2) is 4.39 Å². The van der Waals surface area contributed by atoms with Crippen molar-refractivity contribution in [3.63, 3.8) is 0 Å². The smallest absolute Gasteiger partial charge is 0.260 e. The van der Waals surface area contributed by atoms with Gasteiger partial charge in [0.1, 0.15) is 0 Å². The molecule has 1 aromatic carbocycles. The van der Waals surface area contributed by atoms with Gasteiger partial charge in [0, 0.05) is 39.6 Å². The van der Waals surface area contributed by atoms with E-state index in [4.69, 9.17) is 9.47 Å². The maximum atomic E-state index is 13.4. The molecule has 0 unspecified atom stereocenters. The lowest BCUT2D eigenvalue weighted by atomic mass is 9.94. The predicted octanol–water partition coefficient (Wildman–Crippen LogP) is 1.20. The SMILES string of the molecule is CN(CC1(O)CCOCC1)C(=O)COc1ccccc1F. The molecule has 1 aromatic rings. The van der Waals surface area contributed by atoms with Crippen LogP contribution in [-0.4, -0.2) is 54.9 Å². The van der Waals surface area contributed by atoms with Crippen LogP contribution < -0.4 is 4.74 Å². The minimum absolute atomic E-state index is 0.0454. The van der Waals surface area contributed by atoms with E-state index in [1.165, 1.54) is 17.0 Å². The molecule has 0 bridgehead atoms. The summed E-state index contributed by atoms with van der Waals surface area (Å²) in [5.41, 5.74) is -0.916. The van der Waals surface area contributed by atoms with Gasteiger partial charge >= 0.3 is 0 Å². The largest absolute Gasteiger partial charge is 0.481 e. The predicted molar refractivity (Wildman–Crippen MR) is 74.5 cm³/mol. The van der Waals surface area contributed by atoms with Gasteiger partial charge in [0.2, 0.25) is 0 Å². The first-order valence-corrected chi connectivity index (χ1v) is 6.92. The Labute approximate surface area is 123 Å². The molecule has 116 valence electrons. The van der Waals surface area contributed by atoms with E-state index < -0.39 is 11.4 Å². The average molecular weight is 297 g/mol. The average Bonchev–Trinajstić information content (AvgIpc) is 2.46. The summed E-state index contributed by atoms with van der Waals surface area (Å²) in [6.45, 7) is 0.939. The van der Waals surface area contributed by atoms with Gasteiger partial charge in [-0.15, -0.1) is 0 Å². The molecule has 1 saturated heterocycles. The number of halogens is 1. The second kappa shape index (κ2) is 6.87. The van der Waals surface area contributed by atoms with Crippen molar-refractivity contribution in [1.29, 1.82) is 0 Å². The van der Waals surface area contributed by atoms with Crippen LogP contribution in [0, 0.1) is 5.82 Å². The number of para-hydroxylation sites is 1. The molecule has 1 heterocycles. The quantitative estimate of drug-likeness (QED) is 0.887. The van der Waals surface area contributed by atoms with Crippen molar-refractivity contribution in [3.05, 3.63) is 30.1 Å². The van der Waals surface area contributed by atoms with Crippen LogP contribution in [0.15, 0.2) is 24.3 Å². The van der Waals surface area contributed by atoms with Gasteiger partial charge < -0.3 is 19.5 Å². The number of hydrogen-bond acceptors (Lipinski definition) is 4. The maximum Gasteiger partial charge on any atom is 0.260 e. The van der Waals surface area contributed by atoms with Crippen LogP contribution in [0.2, 0.25) is 0 Å². The highest BCUT2D eigenvalue weighted by molar-refractivity contribution is 5.77. The Kier molecular flexibility index (Phi) is 5.14. The van der Waals surface area contributed by atoms with Gasteiger partial charge in [0.25, 0.3) is 5.91 Å². The zero-order valence-corrected chi connectivity index (χ0v) is 12.0. The van der Waals surface area contributed by atoms with E-state index in [1.807, 2.05) is 0 Å². The number of carbonyl (C=O) groups excluding carboxylic acids is 1. The number of carbonyl (C=O) groups is 1. The lowest BCUT2D eigenvalue weighted by Gasteiger charge is -2.35. The molecular formula is C15H20FNO4. The van der Waals surface area contributed by atoms with Crippen molar-refractivity contribution >= 4 is 5.91 Å². The summed E-state index contributed by atoms with van der Waals surface area (Å²) in [5, 5.41) is 10.3. The van der Waals surface area contributed by atoms with Crippen LogP contribution in [0.3, 0.4) is 0 Å². The summed E-state index contributed by atoms with van der Waals surface area (Å²) in [7, 11) is 1.60. The van der Waals surface area contributed by atoms with E-state index in [9.17, 15) is 14.3 Å². The number of aliphatic hydroxyl groups is 1. The number of hydrogen-bond donors (Lipinski definition) is 1. The van der Waals surface area contributed by atoms with Crippen molar-refractivity contribution in [2.75, 3.05) is 33.4 Å². The van der Waals surface area contributed by atoms with Crippen LogP contribution in [0.4, 0.5) is 4.39 Å². The van der Waals surface area contributed by atoms with Crippen molar-refractivity contribution in [1.82, 2.24) is 4.90 Å². The number of ether oxygens (including phenoxy) is 2. The Hall–Kier alpha value is -1.66. The molecule has 6 heteroatoms. The first kappa shape index (κ1) is 15.7. The minimum atomic E-state index is -0.916. The third-order valence-corrected chi connectivity index (χ3v) is 3.57. The molecule has 1 amide bonds. The third-order valence-electron chi connectivity index (χ3n) is 3.57. The minimum Gasteiger partial charge on any atom is -0.481 e. The van der Waals surface area contributed by atoms with Crippen LogP contribution in [0.1, 0.15) is 12.8 Å². The first-order chi connectivity index (χ1) is 10.0. The Bertz CT molecular complexity index is 488. The summed E-state index contributed by atoms with van der Waals surface area (Å²) in [4.78, 5) is 13.4. The van der Waals surface area contributed by atoms with Crippen LogP contribution >= 0.6 is 0 Å². The maximum absolute atomic E-state index is 13.4. The fourth-order valence-corrected chi connectivity index (χ4v) is 2.25. The van der Waals surface area contributed by atoms with Crippen LogP contribution in [0.5, 0.6) is 5.75 Å². The summed E-state index contributed by atoms with van der Waals surface area (Å²) < 4.78 is 23.7. The van der Waals surface area contributed by atoms with Crippen molar-refractivity contribution in [2.24, 2.45) is 0 Å². The fourth-order valence-electron chi connectivity index (χ4n) is 2.25. The topological polar surface area (TPSA) is 59.0 Å². The Morgan fingerprint density at radius 3 is 2.76 bits per heavy atom. The molecule has 0 radical (unpaired) electrons. The number of rotatable bonds is 5.